The minimum atomic E-state index is -0.420. The second kappa shape index (κ2) is 6.53. The van der Waals surface area contributed by atoms with Crippen LogP contribution in [-0.4, -0.2) is 11.0 Å². The number of aromatic nitrogens is 1. The number of esters is 1. The molecule has 0 bridgehead atoms. The van der Waals surface area contributed by atoms with E-state index in [1.165, 1.54) is 13.2 Å². The summed E-state index contributed by atoms with van der Waals surface area (Å²) in [6, 6.07) is 7.40. The Hall–Kier alpha value is -2.53. The minimum absolute atomic E-state index is 0.337. The van der Waals surface area contributed by atoms with Gasteiger partial charge in [-0.3, -0.25) is 9.78 Å². The summed E-state index contributed by atoms with van der Waals surface area (Å²) in [5.41, 5.74) is 3.28. The maximum atomic E-state index is 11.1. The van der Waals surface area contributed by atoms with Gasteiger partial charge in [0.15, 0.2) is 11.3 Å². The number of hydrogen-bond donors (Lipinski definition) is 0. The molecule has 6 heteroatoms. The average molecular weight is 346 g/mol. The standard InChI is InChI=1S/C18H16ClNO4/c1-10-4-5-13(11(2)20-10)8-22-15-7-6-14-16(24-12(3)21)9-23-18(14)17(15)19/h4-7,9H,8H2,1-3H3. The van der Waals surface area contributed by atoms with Gasteiger partial charge in [0.1, 0.15) is 23.6 Å². The van der Waals surface area contributed by atoms with Crippen LogP contribution in [0.25, 0.3) is 11.0 Å². The van der Waals surface area contributed by atoms with Crippen molar-refractivity contribution in [3.8, 4) is 11.5 Å². The van der Waals surface area contributed by atoms with Gasteiger partial charge in [0.25, 0.3) is 0 Å². The molecular formula is C18H16ClNO4. The van der Waals surface area contributed by atoms with Gasteiger partial charge in [-0.1, -0.05) is 17.7 Å². The van der Waals surface area contributed by atoms with Gasteiger partial charge < -0.3 is 13.9 Å². The third-order valence-electron chi connectivity index (χ3n) is 3.58. The Balaban J connectivity index is 1.85. The minimum Gasteiger partial charge on any atom is -0.487 e. The first-order valence-corrected chi connectivity index (χ1v) is 7.77. The van der Waals surface area contributed by atoms with Gasteiger partial charge in [0, 0.05) is 23.9 Å². The number of furan rings is 1. The quantitative estimate of drug-likeness (QED) is 0.646. The number of halogens is 1. The molecule has 24 heavy (non-hydrogen) atoms. The van der Waals surface area contributed by atoms with Crippen molar-refractivity contribution in [3.05, 3.63) is 52.5 Å². The molecule has 3 rings (SSSR count). The van der Waals surface area contributed by atoms with Crippen molar-refractivity contribution in [1.29, 1.82) is 0 Å². The molecule has 0 aliphatic heterocycles. The highest BCUT2D eigenvalue weighted by Gasteiger charge is 2.16. The summed E-state index contributed by atoms with van der Waals surface area (Å²) in [7, 11) is 0. The van der Waals surface area contributed by atoms with Gasteiger partial charge in [-0.25, -0.2) is 0 Å². The van der Waals surface area contributed by atoms with E-state index in [0.29, 0.717) is 34.1 Å². The maximum Gasteiger partial charge on any atom is 0.308 e. The Morgan fingerprint density at radius 2 is 2.00 bits per heavy atom. The summed E-state index contributed by atoms with van der Waals surface area (Å²) < 4.78 is 16.3. The Morgan fingerprint density at radius 1 is 1.21 bits per heavy atom. The predicted molar refractivity (Wildman–Crippen MR) is 90.6 cm³/mol. The first-order chi connectivity index (χ1) is 11.5. The lowest BCUT2D eigenvalue weighted by molar-refractivity contribution is -0.131. The molecule has 0 fully saturated rings. The lowest BCUT2D eigenvalue weighted by Gasteiger charge is -2.10. The van der Waals surface area contributed by atoms with Crippen molar-refractivity contribution in [3.63, 3.8) is 0 Å². The molecule has 0 aliphatic rings. The third-order valence-corrected chi connectivity index (χ3v) is 3.94. The summed E-state index contributed by atoms with van der Waals surface area (Å²) in [4.78, 5) is 15.5. The fraction of sp³-hybridized carbons (Fsp3) is 0.222. The van der Waals surface area contributed by atoms with E-state index >= 15 is 0 Å². The monoisotopic (exact) mass is 345 g/mol. The number of fused-ring (bicyclic) bond motifs is 1. The molecule has 5 nitrogen and oxygen atoms in total. The summed E-state index contributed by atoms with van der Waals surface area (Å²) in [6.45, 7) is 5.56. The average Bonchev–Trinajstić information content (AvgIpc) is 2.91. The van der Waals surface area contributed by atoms with Crippen LogP contribution in [0, 0.1) is 13.8 Å². The summed E-state index contributed by atoms with van der Waals surface area (Å²) in [6.07, 6.45) is 1.36. The van der Waals surface area contributed by atoms with Gasteiger partial charge in [-0.15, -0.1) is 0 Å². The highest BCUT2D eigenvalue weighted by molar-refractivity contribution is 6.36. The molecule has 0 unspecified atom stereocenters. The lowest BCUT2D eigenvalue weighted by Crippen LogP contribution is -2.01. The van der Waals surface area contributed by atoms with E-state index < -0.39 is 5.97 Å². The molecule has 0 N–H and O–H groups in total. The summed E-state index contributed by atoms with van der Waals surface area (Å²) in [5, 5.41) is 0.958. The van der Waals surface area contributed by atoms with Crippen LogP contribution in [0.1, 0.15) is 23.9 Å². The van der Waals surface area contributed by atoms with Crippen LogP contribution in [0.15, 0.2) is 34.9 Å². The predicted octanol–water partition coefficient (Wildman–Crippen LogP) is 4.60. The summed E-state index contributed by atoms with van der Waals surface area (Å²) in [5.74, 6) is 0.411. The van der Waals surface area contributed by atoms with E-state index in [1.54, 1.807) is 12.1 Å². The smallest absolute Gasteiger partial charge is 0.308 e. The van der Waals surface area contributed by atoms with Crippen LogP contribution in [0.2, 0.25) is 5.02 Å². The molecule has 124 valence electrons. The number of nitrogens with zero attached hydrogens (tertiary/aromatic N) is 1. The molecule has 0 saturated carbocycles. The van der Waals surface area contributed by atoms with E-state index in [9.17, 15) is 4.79 Å². The topological polar surface area (TPSA) is 61.6 Å². The second-order valence-corrected chi connectivity index (χ2v) is 5.81. The molecule has 0 atom stereocenters. The number of rotatable bonds is 4. The largest absolute Gasteiger partial charge is 0.487 e. The van der Waals surface area contributed by atoms with Crippen LogP contribution in [0.5, 0.6) is 11.5 Å². The Morgan fingerprint density at radius 3 is 2.71 bits per heavy atom. The van der Waals surface area contributed by atoms with Crippen molar-refractivity contribution in [1.82, 2.24) is 4.98 Å². The number of carbonyl (C=O) groups is 1. The van der Waals surface area contributed by atoms with E-state index in [4.69, 9.17) is 25.5 Å². The lowest BCUT2D eigenvalue weighted by atomic mass is 10.2. The molecular weight excluding hydrogens is 330 g/mol. The van der Waals surface area contributed by atoms with Crippen molar-refractivity contribution >= 4 is 28.5 Å². The van der Waals surface area contributed by atoms with Crippen molar-refractivity contribution in [2.45, 2.75) is 27.4 Å². The number of aryl methyl sites for hydroxylation is 2. The SMILES string of the molecule is CC(=O)Oc1coc2c(Cl)c(OCc3ccc(C)nc3C)ccc12. The van der Waals surface area contributed by atoms with E-state index in [0.717, 1.165) is 17.0 Å². The molecule has 0 amide bonds. The van der Waals surface area contributed by atoms with Crippen molar-refractivity contribution < 1.29 is 18.7 Å². The van der Waals surface area contributed by atoms with Gasteiger partial charge in [0.05, 0.1) is 5.39 Å². The van der Waals surface area contributed by atoms with Crippen LogP contribution in [0.4, 0.5) is 0 Å². The normalized spacial score (nSPS) is 10.8. The Labute approximate surface area is 144 Å². The Bertz CT molecular complexity index is 917. The number of hydrogen-bond acceptors (Lipinski definition) is 5. The fourth-order valence-electron chi connectivity index (χ4n) is 2.39. The molecule has 0 radical (unpaired) electrons. The first kappa shape index (κ1) is 16.3. The molecule has 1 aromatic carbocycles. The zero-order chi connectivity index (χ0) is 17.3. The molecule has 3 aromatic rings. The van der Waals surface area contributed by atoms with Crippen LogP contribution in [0.3, 0.4) is 0 Å². The number of carbonyl (C=O) groups excluding carboxylic acids is 1. The number of ether oxygens (including phenoxy) is 2. The van der Waals surface area contributed by atoms with Gasteiger partial charge in [-0.05, 0) is 32.0 Å². The van der Waals surface area contributed by atoms with E-state index in [2.05, 4.69) is 4.98 Å². The second-order valence-electron chi connectivity index (χ2n) is 5.43. The Kier molecular flexibility index (Phi) is 4.44. The fourth-order valence-corrected chi connectivity index (χ4v) is 2.66. The molecule has 0 saturated heterocycles. The van der Waals surface area contributed by atoms with E-state index in [1.807, 2.05) is 26.0 Å². The molecule has 2 heterocycles. The molecule has 2 aromatic heterocycles. The van der Waals surface area contributed by atoms with E-state index in [-0.39, 0.29) is 0 Å². The van der Waals surface area contributed by atoms with Crippen LogP contribution >= 0.6 is 11.6 Å². The molecule has 0 spiro atoms. The third kappa shape index (κ3) is 3.21. The summed E-state index contributed by atoms with van der Waals surface area (Å²) >= 11 is 6.35. The van der Waals surface area contributed by atoms with Crippen LogP contribution < -0.4 is 9.47 Å². The highest BCUT2D eigenvalue weighted by atomic mass is 35.5. The maximum absolute atomic E-state index is 11.1. The van der Waals surface area contributed by atoms with Gasteiger partial charge in [0.2, 0.25) is 0 Å². The zero-order valence-corrected chi connectivity index (χ0v) is 14.3. The first-order valence-electron chi connectivity index (χ1n) is 7.39. The van der Waals surface area contributed by atoms with Gasteiger partial charge in [-0.2, -0.15) is 0 Å². The van der Waals surface area contributed by atoms with Crippen LogP contribution in [-0.2, 0) is 11.4 Å². The van der Waals surface area contributed by atoms with Crippen molar-refractivity contribution in [2.24, 2.45) is 0 Å². The zero-order valence-electron chi connectivity index (χ0n) is 13.6. The number of benzene rings is 1. The number of pyridine rings is 1. The van der Waals surface area contributed by atoms with Gasteiger partial charge >= 0.3 is 5.97 Å². The molecule has 0 aliphatic carbocycles. The van der Waals surface area contributed by atoms with Crippen molar-refractivity contribution in [2.75, 3.05) is 0 Å². The highest BCUT2D eigenvalue weighted by Crippen LogP contribution is 2.38.